The third-order valence-corrected chi connectivity index (χ3v) is 4.60. The molecule has 0 radical (unpaired) electrons. The zero-order valence-electron chi connectivity index (χ0n) is 13.6. The smallest absolute Gasteiger partial charge is 0.315 e. The third kappa shape index (κ3) is 4.13. The van der Waals surface area contributed by atoms with Crippen molar-refractivity contribution in [1.82, 2.24) is 10.6 Å². The molecular formula is C20H24N2O. The first-order chi connectivity index (χ1) is 11.2. The molecule has 0 saturated heterocycles. The van der Waals surface area contributed by atoms with Crippen LogP contribution >= 0.6 is 0 Å². The van der Waals surface area contributed by atoms with Crippen LogP contribution in [0.4, 0.5) is 4.79 Å². The van der Waals surface area contributed by atoms with Gasteiger partial charge in [0.2, 0.25) is 0 Å². The number of aryl methyl sites for hydroxylation is 1. The van der Waals surface area contributed by atoms with E-state index in [1.165, 1.54) is 30.4 Å². The maximum absolute atomic E-state index is 12.3. The van der Waals surface area contributed by atoms with Crippen LogP contribution < -0.4 is 10.6 Å². The van der Waals surface area contributed by atoms with E-state index in [1.807, 2.05) is 30.3 Å². The standard InChI is InChI=1S/C20H24N2O/c1-15-7-5-8-16(13-15)14-21-20(23)22-19(18-11-6-12-18)17-9-3-2-4-10-17/h2-5,7-10,13,18-19H,6,11-12,14H2,1H3,(H2,21,22,23). The Morgan fingerprint density at radius 2 is 1.91 bits per heavy atom. The number of hydrogen-bond donors (Lipinski definition) is 2. The quantitative estimate of drug-likeness (QED) is 0.848. The molecule has 2 amide bonds. The Hall–Kier alpha value is -2.29. The van der Waals surface area contributed by atoms with Crippen LogP contribution in [-0.4, -0.2) is 6.03 Å². The Labute approximate surface area is 138 Å². The number of benzene rings is 2. The fourth-order valence-electron chi connectivity index (χ4n) is 3.10. The van der Waals surface area contributed by atoms with Gasteiger partial charge in [0.1, 0.15) is 0 Å². The predicted octanol–water partition coefficient (Wildman–Crippen LogP) is 4.34. The van der Waals surface area contributed by atoms with Gasteiger partial charge in [0.25, 0.3) is 0 Å². The van der Waals surface area contributed by atoms with Crippen molar-refractivity contribution in [3.05, 3.63) is 71.3 Å². The lowest BCUT2D eigenvalue weighted by atomic mass is 9.77. The van der Waals surface area contributed by atoms with Crippen LogP contribution in [0.2, 0.25) is 0 Å². The maximum Gasteiger partial charge on any atom is 0.315 e. The van der Waals surface area contributed by atoms with Crippen molar-refractivity contribution in [3.63, 3.8) is 0 Å². The topological polar surface area (TPSA) is 41.1 Å². The molecule has 1 aliphatic rings. The summed E-state index contributed by atoms with van der Waals surface area (Å²) in [5, 5.41) is 6.15. The van der Waals surface area contributed by atoms with Gasteiger partial charge in [0.05, 0.1) is 6.04 Å². The van der Waals surface area contributed by atoms with Crippen LogP contribution in [0.25, 0.3) is 0 Å². The normalized spacial score (nSPS) is 15.5. The molecule has 0 aromatic heterocycles. The number of rotatable bonds is 5. The molecule has 3 rings (SSSR count). The molecule has 120 valence electrons. The predicted molar refractivity (Wildman–Crippen MR) is 93.1 cm³/mol. The largest absolute Gasteiger partial charge is 0.334 e. The van der Waals surface area contributed by atoms with Crippen molar-refractivity contribution in [2.24, 2.45) is 5.92 Å². The van der Waals surface area contributed by atoms with Gasteiger partial charge in [-0.15, -0.1) is 0 Å². The van der Waals surface area contributed by atoms with Crippen molar-refractivity contribution < 1.29 is 4.79 Å². The first-order valence-electron chi connectivity index (χ1n) is 8.37. The highest BCUT2D eigenvalue weighted by Gasteiger charge is 2.29. The van der Waals surface area contributed by atoms with Crippen LogP contribution in [0.1, 0.15) is 42.0 Å². The molecule has 1 aliphatic carbocycles. The lowest BCUT2D eigenvalue weighted by Crippen LogP contribution is -2.41. The molecule has 3 nitrogen and oxygen atoms in total. The van der Waals surface area contributed by atoms with Gasteiger partial charge in [-0.3, -0.25) is 0 Å². The van der Waals surface area contributed by atoms with Crippen LogP contribution in [0.3, 0.4) is 0 Å². The molecule has 2 aromatic carbocycles. The van der Waals surface area contributed by atoms with Crippen LogP contribution in [-0.2, 0) is 6.54 Å². The van der Waals surface area contributed by atoms with Crippen LogP contribution in [0.15, 0.2) is 54.6 Å². The molecule has 2 N–H and O–H groups in total. The molecule has 1 saturated carbocycles. The fraction of sp³-hybridized carbons (Fsp3) is 0.350. The summed E-state index contributed by atoms with van der Waals surface area (Å²) in [5.41, 5.74) is 3.53. The number of nitrogens with one attached hydrogen (secondary N) is 2. The summed E-state index contributed by atoms with van der Waals surface area (Å²) < 4.78 is 0. The molecule has 1 atom stereocenters. The first-order valence-corrected chi connectivity index (χ1v) is 8.37. The zero-order valence-corrected chi connectivity index (χ0v) is 13.6. The molecule has 1 fully saturated rings. The SMILES string of the molecule is Cc1cccc(CNC(=O)NC(c2ccccc2)C2CCC2)c1. The van der Waals surface area contributed by atoms with Crippen molar-refractivity contribution in [3.8, 4) is 0 Å². The van der Waals surface area contributed by atoms with Gasteiger partial charge in [-0.1, -0.05) is 66.6 Å². The molecule has 0 aliphatic heterocycles. The summed E-state index contributed by atoms with van der Waals surface area (Å²) in [4.78, 5) is 12.3. The van der Waals surface area contributed by atoms with Gasteiger partial charge in [0, 0.05) is 6.54 Å². The monoisotopic (exact) mass is 308 g/mol. The number of urea groups is 1. The Balaban J connectivity index is 1.60. The maximum atomic E-state index is 12.3. The molecule has 23 heavy (non-hydrogen) atoms. The van der Waals surface area contributed by atoms with E-state index in [1.54, 1.807) is 0 Å². The Morgan fingerprint density at radius 1 is 1.13 bits per heavy atom. The average molecular weight is 308 g/mol. The minimum Gasteiger partial charge on any atom is -0.334 e. The number of carbonyl (C=O) groups is 1. The molecule has 3 heteroatoms. The second-order valence-corrected chi connectivity index (χ2v) is 6.40. The lowest BCUT2D eigenvalue weighted by molar-refractivity contribution is 0.207. The third-order valence-electron chi connectivity index (χ3n) is 4.60. The highest BCUT2D eigenvalue weighted by molar-refractivity contribution is 5.74. The highest BCUT2D eigenvalue weighted by atomic mass is 16.2. The van der Waals surface area contributed by atoms with E-state index in [4.69, 9.17) is 0 Å². The minimum absolute atomic E-state index is 0.0905. The summed E-state index contributed by atoms with van der Waals surface area (Å²) in [5.74, 6) is 0.558. The van der Waals surface area contributed by atoms with Crippen molar-refractivity contribution >= 4 is 6.03 Å². The number of carbonyl (C=O) groups excluding carboxylic acids is 1. The van der Waals surface area contributed by atoms with Gasteiger partial charge in [-0.2, -0.15) is 0 Å². The van der Waals surface area contributed by atoms with Crippen molar-refractivity contribution in [2.75, 3.05) is 0 Å². The first kappa shape index (κ1) is 15.6. The number of hydrogen-bond acceptors (Lipinski definition) is 1. The van der Waals surface area contributed by atoms with Gasteiger partial charge in [-0.05, 0) is 36.8 Å². The second kappa shape index (κ2) is 7.32. The van der Waals surface area contributed by atoms with E-state index in [9.17, 15) is 4.79 Å². The summed E-state index contributed by atoms with van der Waals surface area (Å²) in [7, 11) is 0. The van der Waals surface area contributed by atoms with Crippen LogP contribution in [0.5, 0.6) is 0 Å². The van der Waals surface area contributed by atoms with E-state index in [0.29, 0.717) is 12.5 Å². The zero-order chi connectivity index (χ0) is 16.1. The van der Waals surface area contributed by atoms with E-state index in [0.717, 1.165) is 5.56 Å². The van der Waals surface area contributed by atoms with Gasteiger partial charge in [0.15, 0.2) is 0 Å². The van der Waals surface area contributed by atoms with E-state index in [-0.39, 0.29) is 12.1 Å². The average Bonchev–Trinajstić information content (AvgIpc) is 2.52. The molecule has 0 heterocycles. The van der Waals surface area contributed by atoms with E-state index >= 15 is 0 Å². The summed E-state index contributed by atoms with van der Waals surface area (Å²) in [6, 6.07) is 18.5. The second-order valence-electron chi connectivity index (χ2n) is 6.40. The molecule has 0 bridgehead atoms. The summed E-state index contributed by atoms with van der Waals surface area (Å²) in [6.07, 6.45) is 3.65. The fourth-order valence-corrected chi connectivity index (χ4v) is 3.10. The van der Waals surface area contributed by atoms with E-state index in [2.05, 4.69) is 41.8 Å². The molecule has 1 unspecified atom stereocenters. The lowest BCUT2D eigenvalue weighted by Gasteiger charge is -2.34. The highest BCUT2D eigenvalue weighted by Crippen LogP contribution is 2.37. The Kier molecular flexibility index (Phi) is 4.96. The Bertz CT molecular complexity index is 650. The number of amides is 2. The van der Waals surface area contributed by atoms with Crippen molar-refractivity contribution in [2.45, 2.75) is 38.8 Å². The van der Waals surface area contributed by atoms with Crippen LogP contribution in [0, 0.1) is 12.8 Å². The minimum atomic E-state index is -0.0905. The summed E-state index contributed by atoms with van der Waals surface area (Å²) in [6.45, 7) is 2.62. The molecule has 0 spiro atoms. The van der Waals surface area contributed by atoms with Gasteiger partial charge in [-0.25, -0.2) is 4.79 Å². The summed E-state index contributed by atoms with van der Waals surface area (Å²) >= 11 is 0. The Morgan fingerprint density at radius 3 is 2.57 bits per heavy atom. The van der Waals surface area contributed by atoms with Gasteiger partial charge >= 0.3 is 6.03 Å². The van der Waals surface area contributed by atoms with Crippen molar-refractivity contribution in [1.29, 1.82) is 0 Å². The van der Waals surface area contributed by atoms with E-state index < -0.39 is 0 Å². The molecule has 2 aromatic rings. The van der Waals surface area contributed by atoms with Gasteiger partial charge < -0.3 is 10.6 Å². The molecular weight excluding hydrogens is 284 g/mol.